The first kappa shape index (κ1) is 20.4. The summed E-state index contributed by atoms with van der Waals surface area (Å²) in [7, 11) is 1.81. The Labute approximate surface area is 157 Å². The van der Waals surface area contributed by atoms with E-state index in [-0.39, 0.29) is 30.4 Å². The topological polar surface area (TPSA) is 61.4 Å². The second-order valence-corrected chi connectivity index (χ2v) is 7.89. The van der Waals surface area contributed by atoms with Crippen LogP contribution in [0.4, 0.5) is 5.69 Å². The number of likely N-dealkylation sites (N-methyl/N-ethyl adjacent to an activating group) is 1. The Bertz CT molecular complexity index is 614. The molecule has 0 radical (unpaired) electrons. The third-order valence-corrected chi connectivity index (χ3v) is 5.80. The molecule has 0 unspecified atom stereocenters. The van der Waals surface area contributed by atoms with Crippen LogP contribution < -0.4 is 10.6 Å². The highest BCUT2D eigenvalue weighted by atomic mass is 16.2. The van der Waals surface area contributed by atoms with E-state index in [9.17, 15) is 9.59 Å². The van der Waals surface area contributed by atoms with E-state index < -0.39 is 0 Å². The van der Waals surface area contributed by atoms with Crippen molar-refractivity contribution in [1.29, 1.82) is 0 Å². The molecule has 5 nitrogen and oxygen atoms in total. The quantitative estimate of drug-likeness (QED) is 0.820. The van der Waals surface area contributed by atoms with Crippen LogP contribution in [-0.4, -0.2) is 42.4 Å². The van der Waals surface area contributed by atoms with Gasteiger partial charge in [0, 0.05) is 11.7 Å². The van der Waals surface area contributed by atoms with Crippen molar-refractivity contribution in [3.63, 3.8) is 0 Å². The number of carbonyl (C=O) groups excluding carboxylic acids is 2. The average molecular weight is 360 g/mol. The van der Waals surface area contributed by atoms with Gasteiger partial charge in [-0.3, -0.25) is 14.5 Å². The zero-order valence-electron chi connectivity index (χ0n) is 16.7. The number of hydrogen-bond acceptors (Lipinski definition) is 3. The van der Waals surface area contributed by atoms with Crippen molar-refractivity contribution in [2.75, 3.05) is 18.9 Å². The summed E-state index contributed by atoms with van der Waals surface area (Å²) in [6, 6.07) is 7.58. The molecule has 0 heterocycles. The molecular weight excluding hydrogens is 326 g/mol. The van der Waals surface area contributed by atoms with Gasteiger partial charge in [0.2, 0.25) is 11.8 Å². The second kappa shape index (κ2) is 9.17. The first-order valence-corrected chi connectivity index (χ1v) is 9.65. The number of aryl methyl sites for hydroxylation is 1. The van der Waals surface area contributed by atoms with Crippen LogP contribution in [0.5, 0.6) is 0 Å². The van der Waals surface area contributed by atoms with Crippen LogP contribution in [0.1, 0.15) is 45.6 Å². The number of hydrogen-bond donors (Lipinski definition) is 2. The minimum Gasteiger partial charge on any atom is -0.352 e. The van der Waals surface area contributed by atoms with Gasteiger partial charge in [-0.25, -0.2) is 0 Å². The van der Waals surface area contributed by atoms with Gasteiger partial charge in [-0.2, -0.15) is 0 Å². The summed E-state index contributed by atoms with van der Waals surface area (Å²) in [5, 5.41) is 6.07. The largest absolute Gasteiger partial charge is 0.352 e. The highest BCUT2D eigenvalue weighted by Gasteiger charge is 2.30. The van der Waals surface area contributed by atoms with Gasteiger partial charge in [-0.05, 0) is 51.3 Å². The standard InChI is InChI=1S/C21H33N3O2/c1-14-9-11-18(12-10-14)22-20(25)13-24(5)17(4)21(26)23-19-8-6-7-15(2)16(19)3/h9-12,15-17,19H,6-8,13H2,1-5H3,(H,22,25)(H,23,26)/t15-,16-,17+,19+/m0/s1. The molecule has 1 aliphatic carbocycles. The maximum absolute atomic E-state index is 12.6. The first-order chi connectivity index (χ1) is 12.3. The van der Waals surface area contributed by atoms with Gasteiger partial charge in [-0.15, -0.1) is 0 Å². The number of carbonyl (C=O) groups is 2. The molecule has 2 amide bonds. The van der Waals surface area contributed by atoms with Crippen LogP contribution in [0.15, 0.2) is 24.3 Å². The van der Waals surface area contributed by atoms with E-state index in [0.717, 1.165) is 17.7 Å². The molecule has 26 heavy (non-hydrogen) atoms. The molecule has 2 N–H and O–H groups in total. The first-order valence-electron chi connectivity index (χ1n) is 9.65. The lowest BCUT2D eigenvalue weighted by molar-refractivity contribution is -0.127. The molecule has 0 aromatic heterocycles. The Hall–Kier alpha value is -1.88. The van der Waals surface area contributed by atoms with Gasteiger partial charge >= 0.3 is 0 Å². The summed E-state index contributed by atoms with van der Waals surface area (Å²) in [5.74, 6) is 1.02. The van der Waals surface area contributed by atoms with Crippen molar-refractivity contribution >= 4 is 17.5 Å². The molecule has 5 heteroatoms. The molecule has 2 rings (SSSR count). The zero-order valence-corrected chi connectivity index (χ0v) is 16.7. The van der Waals surface area contributed by atoms with Crippen molar-refractivity contribution in [2.24, 2.45) is 11.8 Å². The SMILES string of the molecule is Cc1ccc(NC(=O)CN(C)[C@H](C)C(=O)N[C@@H]2CCC[C@H](C)[C@@H]2C)cc1. The Kier molecular flexibility index (Phi) is 7.21. The van der Waals surface area contributed by atoms with Gasteiger partial charge < -0.3 is 10.6 Å². The van der Waals surface area contributed by atoms with Crippen LogP contribution in [0.25, 0.3) is 0 Å². The third-order valence-electron chi connectivity index (χ3n) is 5.80. The van der Waals surface area contributed by atoms with E-state index in [4.69, 9.17) is 0 Å². The van der Waals surface area contributed by atoms with Crippen molar-refractivity contribution in [3.8, 4) is 0 Å². The Morgan fingerprint density at radius 2 is 1.85 bits per heavy atom. The van der Waals surface area contributed by atoms with Crippen LogP contribution in [0, 0.1) is 18.8 Å². The number of nitrogens with one attached hydrogen (secondary N) is 2. The van der Waals surface area contributed by atoms with Gasteiger partial charge in [0.05, 0.1) is 12.6 Å². The number of nitrogens with zero attached hydrogens (tertiary/aromatic N) is 1. The normalized spacial score (nSPS) is 24.2. The van der Waals surface area contributed by atoms with Gasteiger partial charge in [0.1, 0.15) is 0 Å². The molecule has 0 aliphatic heterocycles. The zero-order chi connectivity index (χ0) is 19.3. The van der Waals surface area contributed by atoms with E-state index in [1.54, 1.807) is 4.90 Å². The molecule has 0 spiro atoms. The summed E-state index contributed by atoms with van der Waals surface area (Å²) in [5.41, 5.74) is 1.92. The van der Waals surface area contributed by atoms with Gasteiger partial charge in [0.15, 0.2) is 0 Å². The van der Waals surface area contributed by atoms with Crippen molar-refractivity contribution < 1.29 is 9.59 Å². The highest BCUT2D eigenvalue weighted by Crippen LogP contribution is 2.29. The fourth-order valence-electron chi connectivity index (χ4n) is 3.49. The third kappa shape index (κ3) is 5.56. The maximum Gasteiger partial charge on any atom is 0.238 e. The van der Waals surface area contributed by atoms with E-state index in [1.165, 1.54) is 12.8 Å². The number of anilines is 1. The monoisotopic (exact) mass is 359 g/mol. The van der Waals surface area contributed by atoms with E-state index in [1.807, 2.05) is 45.2 Å². The molecule has 1 aromatic carbocycles. The molecule has 1 saturated carbocycles. The fraction of sp³-hybridized carbons (Fsp3) is 0.619. The highest BCUT2D eigenvalue weighted by molar-refractivity contribution is 5.92. The summed E-state index contributed by atoms with van der Waals surface area (Å²) < 4.78 is 0. The summed E-state index contributed by atoms with van der Waals surface area (Å²) in [4.78, 5) is 26.6. The number of rotatable bonds is 6. The Balaban J connectivity index is 1.83. The fourth-order valence-corrected chi connectivity index (χ4v) is 3.49. The molecule has 144 valence electrons. The molecule has 4 atom stereocenters. The average Bonchev–Trinajstić information content (AvgIpc) is 2.60. The van der Waals surface area contributed by atoms with E-state index >= 15 is 0 Å². The van der Waals surface area contributed by atoms with Crippen LogP contribution >= 0.6 is 0 Å². The van der Waals surface area contributed by atoms with Crippen molar-refractivity contribution in [1.82, 2.24) is 10.2 Å². The van der Waals surface area contributed by atoms with Crippen LogP contribution in [-0.2, 0) is 9.59 Å². The molecular formula is C21H33N3O2. The predicted octanol–water partition coefficient (Wildman–Crippen LogP) is 3.19. The van der Waals surface area contributed by atoms with E-state index in [2.05, 4.69) is 24.5 Å². The van der Waals surface area contributed by atoms with Crippen LogP contribution in [0.2, 0.25) is 0 Å². The van der Waals surface area contributed by atoms with Crippen molar-refractivity contribution in [3.05, 3.63) is 29.8 Å². The number of amides is 2. The molecule has 1 fully saturated rings. The second-order valence-electron chi connectivity index (χ2n) is 7.89. The smallest absolute Gasteiger partial charge is 0.238 e. The summed E-state index contributed by atoms with van der Waals surface area (Å²) in [6.45, 7) is 8.52. The maximum atomic E-state index is 12.6. The lowest BCUT2D eigenvalue weighted by Crippen LogP contribution is -2.51. The number of benzene rings is 1. The van der Waals surface area contributed by atoms with Crippen LogP contribution in [0.3, 0.4) is 0 Å². The van der Waals surface area contributed by atoms with Gasteiger partial charge in [-0.1, -0.05) is 44.4 Å². The van der Waals surface area contributed by atoms with Gasteiger partial charge in [0.25, 0.3) is 0 Å². The minimum atomic E-state index is -0.344. The molecule has 1 aliphatic rings. The summed E-state index contributed by atoms with van der Waals surface area (Å²) >= 11 is 0. The molecule has 0 saturated heterocycles. The van der Waals surface area contributed by atoms with Crippen molar-refractivity contribution in [2.45, 2.75) is 59.0 Å². The summed E-state index contributed by atoms with van der Waals surface area (Å²) in [6.07, 6.45) is 3.45. The van der Waals surface area contributed by atoms with E-state index in [0.29, 0.717) is 11.8 Å². The Morgan fingerprint density at radius 3 is 2.50 bits per heavy atom. The lowest BCUT2D eigenvalue weighted by Gasteiger charge is -2.36. The minimum absolute atomic E-state index is 0.00147. The molecule has 1 aromatic rings. The predicted molar refractivity (Wildman–Crippen MR) is 106 cm³/mol. The Morgan fingerprint density at radius 1 is 1.19 bits per heavy atom. The lowest BCUT2D eigenvalue weighted by atomic mass is 9.78. The molecule has 0 bridgehead atoms.